The van der Waals surface area contributed by atoms with Gasteiger partial charge in [0.25, 0.3) is 0 Å². The Morgan fingerprint density at radius 3 is 1.67 bits per heavy atom. The molecule has 0 aliphatic carbocycles. The van der Waals surface area contributed by atoms with Gasteiger partial charge < -0.3 is 5.32 Å². The average Bonchev–Trinajstić information content (AvgIpc) is 2.78. The molecule has 0 spiro atoms. The van der Waals surface area contributed by atoms with E-state index in [0.717, 1.165) is 39.4 Å². The second kappa shape index (κ2) is 12.3. The molecule has 3 heteroatoms. The molecule has 0 aliphatic rings. The van der Waals surface area contributed by atoms with Crippen LogP contribution in [-0.4, -0.2) is 35.6 Å². The van der Waals surface area contributed by atoms with Crippen LogP contribution in [0.15, 0.2) is 91.0 Å². The predicted octanol–water partition coefficient (Wildman–Crippen LogP) is 5.15. The molecule has 0 aromatic heterocycles. The molecule has 0 bridgehead atoms. The Bertz CT molecular complexity index is 819. The van der Waals surface area contributed by atoms with E-state index in [2.05, 4.69) is 120 Å². The van der Waals surface area contributed by atoms with Crippen LogP contribution >= 0.6 is 0 Å². The summed E-state index contributed by atoms with van der Waals surface area (Å²) >= 11 is 0. The highest BCUT2D eigenvalue weighted by Gasteiger charge is 2.13. The van der Waals surface area contributed by atoms with Gasteiger partial charge in [0.15, 0.2) is 0 Å². The van der Waals surface area contributed by atoms with E-state index in [1.807, 2.05) is 0 Å². The van der Waals surface area contributed by atoms with Crippen molar-refractivity contribution in [2.45, 2.75) is 39.5 Å². The normalized spacial score (nSPS) is 11.5. The van der Waals surface area contributed by atoms with Gasteiger partial charge in [-0.25, -0.2) is 0 Å². The Labute approximate surface area is 182 Å². The predicted molar refractivity (Wildman–Crippen MR) is 127 cm³/mol. The molecule has 3 aromatic rings. The third kappa shape index (κ3) is 7.75. The zero-order valence-corrected chi connectivity index (χ0v) is 18.4. The maximum atomic E-state index is 3.63. The summed E-state index contributed by atoms with van der Waals surface area (Å²) in [4.78, 5) is 5.07. The summed E-state index contributed by atoms with van der Waals surface area (Å²) in [5.74, 6) is 0. The van der Waals surface area contributed by atoms with Crippen molar-refractivity contribution in [3.8, 4) is 0 Å². The van der Waals surface area contributed by atoms with E-state index in [9.17, 15) is 0 Å². The van der Waals surface area contributed by atoms with E-state index >= 15 is 0 Å². The first-order valence-electron chi connectivity index (χ1n) is 11.0. The van der Waals surface area contributed by atoms with Gasteiger partial charge in [-0.15, -0.1) is 0 Å². The van der Waals surface area contributed by atoms with E-state index in [4.69, 9.17) is 0 Å². The maximum absolute atomic E-state index is 3.63. The molecule has 158 valence electrons. The van der Waals surface area contributed by atoms with Crippen molar-refractivity contribution in [2.24, 2.45) is 0 Å². The number of benzene rings is 3. The van der Waals surface area contributed by atoms with Crippen LogP contribution in [0.1, 0.15) is 30.5 Å². The van der Waals surface area contributed by atoms with Crippen molar-refractivity contribution in [1.82, 2.24) is 15.1 Å². The maximum Gasteiger partial charge on any atom is 0.0486 e. The van der Waals surface area contributed by atoms with Crippen LogP contribution in [0, 0.1) is 0 Å². The lowest BCUT2D eigenvalue weighted by molar-refractivity contribution is 0.158. The van der Waals surface area contributed by atoms with Crippen molar-refractivity contribution in [3.63, 3.8) is 0 Å². The number of rotatable bonds is 12. The molecule has 3 aromatic carbocycles. The van der Waals surface area contributed by atoms with Crippen molar-refractivity contribution in [1.29, 1.82) is 0 Å². The molecule has 0 unspecified atom stereocenters. The summed E-state index contributed by atoms with van der Waals surface area (Å²) < 4.78 is 0. The molecule has 0 heterocycles. The second-order valence-electron chi connectivity index (χ2n) is 8.16. The van der Waals surface area contributed by atoms with Crippen molar-refractivity contribution in [3.05, 3.63) is 108 Å². The lowest BCUT2D eigenvalue weighted by Crippen LogP contribution is -2.41. The van der Waals surface area contributed by atoms with Crippen LogP contribution in [0.3, 0.4) is 0 Å². The highest BCUT2D eigenvalue weighted by Crippen LogP contribution is 2.10. The van der Waals surface area contributed by atoms with Gasteiger partial charge in [-0.2, -0.15) is 0 Å². The number of nitrogens with one attached hydrogen (secondary N) is 1. The summed E-state index contributed by atoms with van der Waals surface area (Å²) in [5, 5.41) is 3.63. The molecule has 1 N–H and O–H groups in total. The molecule has 0 saturated carbocycles. The van der Waals surface area contributed by atoms with Crippen LogP contribution in [0.25, 0.3) is 0 Å². The fraction of sp³-hybridized carbons (Fsp3) is 0.333. The summed E-state index contributed by atoms with van der Waals surface area (Å²) in [6, 6.07) is 32.7. The average molecular weight is 402 g/mol. The van der Waals surface area contributed by atoms with Crippen LogP contribution in [-0.2, 0) is 19.6 Å². The lowest BCUT2D eigenvalue weighted by Gasteiger charge is -2.30. The summed E-state index contributed by atoms with van der Waals surface area (Å²) in [6.45, 7) is 10.4. The Kier molecular flexibility index (Phi) is 9.10. The quantitative estimate of drug-likeness (QED) is 0.424. The van der Waals surface area contributed by atoms with Gasteiger partial charge in [0, 0.05) is 45.4 Å². The molecular weight excluding hydrogens is 366 g/mol. The molecule has 0 fully saturated rings. The molecule has 0 saturated heterocycles. The van der Waals surface area contributed by atoms with E-state index in [0.29, 0.717) is 6.04 Å². The van der Waals surface area contributed by atoms with Gasteiger partial charge in [-0.05, 0) is 30.5 Å². The minimum atomic E-state index is 0.515. The van der Waals surface area contributed by atoms with Crippen LogP contribution < -0.4 is 5.32 Å². The largest absolute Gasteiger partial charge is 0.300 e. The van der Waals surface area contributed by atoms with E-state index < -0.39 is 0 Å². The monoisotopic (exact) mass is 401 g/mol. The topological polar surface area (TPSA) is 18.5 Å². The summed E-state index contributed by atoms with van der Waals surface area (Å²) in [7, 11) is 0. The third-order valence-corrected chi connectivity index (χ3v) is 5.42. The molecule has 30 heavy (non-hydrogen) atoms. The summed E-state index contributed by atoms with van der Waals surface area (Å²) in [5.41, 5.74) is 4.06. The molecule has 0 radical (unpaired) electrons. The van der Waals surface area contributed by atoms with Gasteiger partial charge in [0.1, 0.15) is 0 Å². The lowest BCUT2D eigenvalue weighted by atomic mass is 10.2. The first-order chi connectivity index (χ1) is 14.7. The number of hydrogen-bond acceptors (Lipinski definition) is 3. The van der Waals surface area contributed by atoms with Crippen molar-refractivity contribution < 1.29 is 0 Å². The van der Waals surface area contributed by atoms with Crippen LogP contribution in [0.2, 0.25) is 0 Å². The molecular formula is C27H35N3. The highest BCUT2D eigenvalue weighted by molar-refractivity contribution is 5.16. The van der Waals surface area contributed by atoms with E-state index in [1.165, 1.54) is 16.7 Å². The Morgan fingerprint density at radius 2 is 1.13 bits per heavy atom. The highest BCUT2D eigenvalue weighted by atomic mass is 15.2. The van der Waals surface area contributed by atoms with Gasteiger partial charge in [-0.1, -0.05) is 91.0 Å². The Morgan fingerprint density at radius 1 is 0.633 bits per heavy atom. The fourth-order valence-corrected chi connectivity index (χ4v) is 3.62. The van der Waals surface area contributed by atoms with E-state index in [-0.39, 0.29) is 0 Å². The molecule has 0 aliphatic heterocycles. The van der Waals surface area contributed by atoms with Gasteiger partial charge in [0.05, 0.1) is 0 Å². The van der Waals surface area contributed by atoms with Crippen LogP contribution in [0.5, 0.6) is 0 Å². The zero-order chi connectivity index (χ0) is 21.0. The molecule has 0 amide bonds. The second-order valence-corrected chi connectivity index (χ2v) is 8.16. The van der Waals surface area contributed by atoms with Gasteiger partial charge >= 0.3 is 0 Å². The third-order valence-electron chi connectivity index (χ3n) is 5.42. The fourth-order valence-electron chi connectivity index (χ4n) is 3.62. The smallest absolute Gasteiger partial charge is 0.0486 e. The molecule has 0 atom stereocenters. The minimum Gasteiger partial charge on any atom is -0.300 e. The standard InChI is InChI=1S/C27H35N3/c1-24(2)30(22-27-16-10-5-11-17-27)19-18-29(21-26-14-8-4-9-15-26)23-28-20-25-12-6-3-7-13-25/h3-17,24,28H,18-23H2,1-2H3. The summed E-state index contributed by atoms with van der Waals surface area (Å²) in [6.07, 6.45) is 0. The molecule has 3 rings (SSSR count). The van der Waals surface area contributed by atoms with Crippen molar-refractivity contribution >= 4 is 0 Å². The van der Waals surface area contributed by atoms with Gasteiger partial charge in [0.2, 0.25) is 0 Å². The van der Waals surface area contributed by atoms with E-state index in [1.54, 1.807) is 0 Å². The Hall–Kier alpha value is -2.46. The number of nitrogens with zero attached hydrogens (tertiary/aromatic N) is 2. The SMILES string of the molecule is CC(C)N(CCN(CNCc1ccccc1)Cc1ccccc1)Cc1ccccc1. The Balaban J connectivity index is 1.58. The first-order valence-corrected chi connectivity index (χ1v) is 11.0. The van der Waals surface area contributed by atoms with Crippen LogP contribution in [0.4, 0.5) is 0 Å². The van der Waals surface area contributed by atoms with Gasteiger partial charge in [-0.3, -0.25) is 9.80 Å². The first kappa shape index (κ1) is 22.2. The molecule has 3 nitrogen and oxygen atoms in total. The zero-order valence-electron chi connectivity index (χ0n) is 18.4. The van der Waals surface area contributed by atoms with Crippen molar-refractivity contribution in [2.75, 3.05) is 19.8 Å². The minimum absolute atomic E-state index is 0.515. The number of hydrogen-bond donors (Lipinski definition) is 1.